The summed E-state index contributed by atoms with van der Waals surface area (Å²) in [5, 5.41) is 6.37. The van der Waals surface area contributed by atoms with E-state index in [-0.39, 0.29) is 0 Å². The molecule has 0 bridgehead atoms. The van der Waals surface area contributed by atoms with Crippen molar-refractivity contribution in [3.8, 4) is 0 Å². The number of nitrogens with zero attached hydrogens (tertiary/aromatic N) is 3. The average Bonchev–Trinajstić information content (AvgIpc) is 2.91. The van der Waals surface area contributed by atoms with E-state index in [1.807, 2.05) is 36.0 Å². The second kappa shape index (κ2) is 5.13. The molecule has 5 nitrogen and oxygen atoms in total. The molecule has 0 aliphatic heterocycles. The van der Waals surface area contributed by atoms with Crippen molar-refractivity contribution in [2.45, 2.75) is 6.92 Å². The van der Waals surface area contributed by atoms with Gasteiger partial charge >= 0.3 is 0 Å². The van der Waals surface area contributed by atoms with Crippen LogP contribution in [0.15, 0.2) is 41.3 Å². The standard InChI is InChI=1S/C14H14BrN5/c1-9-7-10(3-4-11(9)15)18-13-14-17-5-6-20(14)8-12(16-2)19-13/h3-8,16H,1-2H3,(H,18,19). The van der Waals surface area contributed by atoms with Gasteiger partial charge in [-0.2, -0.15) is 0 Å². The third-order valence-corrected chi connectivity index (χ3v) is 3.94. The highest BCUT2D eigenvalue weighted by Gasteiger charge is 2.07. The molecule has 3 aromatic rings. The number of rotatable bonds is 3. The van der Waals surface area contributed by atoms with Gasteiger partial charge in [-0.15, -0.1) is 0 Å². The number of aromatic nitrogens is 3. The molecule has 0 atom stereocenters. The van der Waals surface area contributed by atoms with Gasteiger partial charge in [-0.25, -0.2) is 9.97 Å². The van der Waals surface area contributed by atoms with E-state index in [9.17, 15) is 0 Å². The van der Waals surface area contributed by atoms with E-state index >= 15 is 0 Å². The monoisotopic (exact) mass is 331 g/mol. The molecule has 0 aliphatic carbocycles. The van der Waals surface area contributed by atoms with Crippen molar-refractivity contribution >= 4 is 38.9 Å². The van der Waals surface area contributed by atoms with Gasteiger partial charge < -0.3 is 15.0 Å². The molecular weight excluding hydrogens is 318 g/mol. The number of anilines is 3. The summed E-state index contributed by atoms with van der Waals surface area (Å²) in [4.78, 5) is 8.85. The molecule has 0 amide bonds. The fraction of sp³-hybridized carbons (Fsp3) is 0.143. The lowest BCUT2D eigenvalue weighted by Crippen LogP contribution is -2.02. The molecular formula is C14H14BrN5. The lowest BCUT2D eigenvalue weighted by molar-refractivity contribution is 1.12. The first-order valence-corrected chi connectivity index (χ1v) is 7.01. The van der Waals surface area contributed by atoms with Crippen LogP contribution in [0.1, 0.15) is 5.56 Å². The van der Waals surface area contributed by atoms with Crippen LogP contribution in [0.3, 0.4) is 0 Å². The number of fused-ring (bicyclic) bond motifs is 1. The maximum atomic E-state index is 4.52. The van der Waals surface area contributed by atoms with Gasteiger partial charge in [0.15, 0.2) is 11.5 Å². The molecule has 6 heteroatoms. The summed E-state index contributed by atoms with van der Waals surface area (Å²) in [5.41, 5.74) is 2.94. The van der Waals surface area contributed by atoms with Gasteiger partial charge in [-0.1, -0.05) is 15.9 Å². The molecule has 2 N–H and O–H groups in total. The van der Waals surface area contributed by atoms with Gasteiger partial charge in [0.1, 0.15) is 5.82 Å². The van der Waals surface area contributed by atoms with Gasteiger partial charge in [-0.05, 0) is 30.7 Å². The Bertz CT molecular complexity index is 765. The Hall–Kier alpha value is -2.08. The SMILES string of the molecule is CNc1cn2ccnc2c(Nc2ccc(Br)c(C)c2)n1. The van der Waals surface area contributed by atoms with Crippen LogP contribution in [-0.4, -0.2) is 21.4 Å². The third kappa shape index (κ3) is 2.34. The molecule has 1 aromatic carbocycles. The zero-order valence-corrected chi connectivity index (χ0v) is 12.8. The maximum Gasteiger partial charge on any atom is 0.180 e. The molecule has 2 aromatic heterocycles. The molecule has 3 rings (SSSR count). The quantitative estimate of drug-likeness (QED) is 0.770. The summed E-state index contributed by atoms with van der Waals surface area (Å²) in [6, 6.07) is 6.09. The topological polar surface area (TPSA) is 54.2 Å². The summed E-state index contributed by atoms with van der Waals surface area (Å²) >= 11 is 3.50. The van der Waals surface area contributed by atoms with Crippen LogP contribution in [0, 0.1) is 6.92 Å². The first kappa shape index (κ1) is 12.9. The fourth-order valence-electron chi connectivity index (χ4n) is 2.00. The highest BCUT2D eigenvalue weighted by molar-refractivity contribution is 9.10. The van der Waals surface area contributed by atoms with Crippen molar-refractivity contribution in [3.63, 3.8) is 0 Å². The van der Waals surface area contributed by atoms with Crippen molar-refractivity contribution < 1.29 is 0 Å². The van der Waals surface area contributed by atoms with E-state index < -0.39 is 0 Å². The van der Waals surface area contributed by atoms with E-state index in [1.165, 1.54) is 5.56 Å². The van der Waals surface area contributed by atoms with E-state index in [2.05, 4.69) is 49.5 Å². The first-order valence-electron chi connectivity index (χ1n) is 6.22. The number of hydrogen-bond donors (Lipinski definition) is 2. The van der Waals surface area contributed by atoms with Crippen LogP contribution in [0.4, 0.5) is 17.3 Å². The minimum atomic E-state index is 0.726. The van der Waals surface area contributed by atoms with Crippen molar-refractivity contribution in [2.24, 2.45) is 0 Å². The van der Waals surface area contributed by atoms with Gasteiger partial charge in [-0.3, -0.25) is 0 Å². The molecule has 0 fully saturated rings. The Balaban J connectivity index is 2.04. The molecule has 0 radical (unpaired) electrons. The third-order valence-electron chi connectivity index (χ3n) is 3.05. The molecule has 0 spiro atoms. The van der Waals surface area contributed by atoms with Crippen LogP contribution < -0.4 is 10.6 Å². The second-order valence-electron chi connectivity index (χ2n) is 4.47. The van der Waals surface area contributed by atoms with E-state index in [1.54, 1.807) is 6.20 Å². The maximum absolute atomic E-state index is 4.52. The van der Waals surface area contributed by atoms with Gasteiger partial charge in [0.05, 0.1) is 6.20 Å². The molecule has 0 saturated carbocycles. The summed E-state index contributed by atoms with van der Waals surface area (Å²) < 4.78 is 3.03. The summed E-state index contributed by atoms with van der Waals surface area (Å²) in [6.45, 7) is 2.05. The molecule has 102 valence electrons. The largest absolute Gasteiger partial charge is 0.372 e. The minimum absolute atomic E-state index is 0.726. The van der Waals surface area contributed by atoms with Gasteiger partial charge in [0.25, 0.3) is 0 Å². The van der Waals surface area contributed by atoms with E-state index in [4.69, 9.17) is 0 Å². The number of halogens is 1. The number of aryl methyl sites for hydroxylation is 1. The van der Waals surface area contributed by atoms with Crippen LogP contribution in [0.5, 0.6) is 0 Å². The Morgan fingerprint density at radius 3 is 2.90 bits per heavy atom. The van der Waals surface area contributed by atoms with Crippen LogP contribution in [-0.2, 0) is 0 Å². The Morgan fingerprint density at radius 2 is 2.15 bits per heavy atom. The van der Waals surface area contributed by atoms with Crippen molar-refractivity contribution in [1.82, 2.24) is 14.4 Å². The van der Waals surface area contributed by atoms with Gasteiger partial charge in [0, 0.05) is 29.6 Å². The summed E-state index contributed by atoms with van der Waals surface area (Å²) in [7, 11) is 1.85. The molecule has 2 heterocycles. The summed E-state index contributed by atoms with van der Waals surface area (Å²) in [5.74, 6) is 1.51. The van der Waals surface area contributed by atoms with E-state index in [0.29, 0.717) is 0 Å². The van der Waals surface area contributed by atoms with Crippen molar-refractivity contribution in [2.75, 3.05) is 17.7 Å². The Kier molecular flexibility index (Phi) is 3.31. The normalized spacial score (nSPS) is 10.8. The smallest absolute Gasteiger partial charge is 0.180 e. The van der Waals surface area contributed by atoms with Crippen molar-refractivity contribution in [3.05, 3.63) is 46.8 Å². The molecule has 0 unspecified atom stereocenters. The van der Waals surface area contributed by atoms with Crippen molar-refractivity contribution in [1.29, 1.82) is 0 Å². The fourth-order valence-corrected chi connectivity index (χ4v) is 2.24. The molecule has 20 heavy (non-hydrogen) atoms. The van der Waals surface area contributed by atoms with Crippen LogP contribution in [0.2, 0.25) is 0 Å². The van der Waals surface area contributed by atoms with Gasteiger partial charge in [0.2, 0.25) is 0 Å². The van der Waals surface area contributed by atoms with Crippen LogP contribution >= 0.6 is 15.9 Å². The Morgan fingerprint density at radius 1 is 1.30 bits per heavy atom. The molecule has 0 aliphatic rings. The number of nitrogens with one attached hydrogen (secondary N) is 2. The van der Waals surface area contributed by atoms with Crippen LogP contribution in [0.25, 0.3) is 5.65 Å². The first-order chi connectivity index (χ1) is 9.67. The molecule has 0 saturated heterocycles. The van der Waals surface area contributed by atoms with E-state index in [0.717, 1.165) is 27.4 Å². The zero-order chi connectivity index (χ0) is 14.1. The Labute approximate surface area is 125 Å². The summed E-state index contributed by atoms with van der Waals surface area (Å²) in [6.07, 6.45) is 5.56. The lowest BCUT2D eigenvalue weighted by atomic mass is 10.2. The second-order valence-corrected chi connectivity index (χ2v) is 5.33. The predicted octanol–water partition coefficient (Wildman–Crippen LogP) is 3.59. The number of imidazole rings is 1. The highest BCUT2D eigenvalue weighted by atomic mass is 79.9. The number of benzene rings is 1. The average molecular weight is 332 g/mol. The number of hydrogen-bond acceptors (Lipinski definition) is 4. The zero-order valence-electron chi connectivity index (χ0n) is 11.2. The highest BCUT2D eigenvalue weighted by Crippen LogP contribution is 2.24. The minimum Gasteiger partial charge on any atom is -0.372 e. The predicted molar refractivity (Wildman–Crippen MR) is 84.7 cm³/mol. The lowest BCUT2D eigenvalue weighted by Gasteiger charge is -2.10.